The highest BCUT2D eigenvalue weighted by Crippen LogP contribution is 2.33. The van der Waals surface area contributed by atoms with E-state index in [9.17, 15) is 14.7 Å². The summed E-state index contributed by atoms with van der Waals surface area (Å²) in [6, 6.07) is 12.3. The molecule has 30 heavy (non-hydrogen) atoms. The van der Waals surface area contributed by atoms with Crippen molar-refractivity contribution >= 4 is 11.8 Å². The van der Waals surface area contributed by atoms with E-state index in [1.165, 1.54) is 32.4 Å². The summed E-state index contributed by atoms with van der Waals surface area (Å²) in [5.41, 5.74) is 0.936. The Morgan fingerprint density at radius 1 is 1.07 bits per heavy atom. The molecule has 0 atom stereocenters. The average Bonchev–Trinajstić information content (AvgIpc) is 2.73. The van der Waals surface area contributed by atoms with Gasteiger partial charge in [-0.3, -0.25) is 4.79 Å². The topological polar surface area (TPSA) is 82.1 Å². The number of ketones is 1. The Labute approximate surface area is 177 Å². The number of phenols is 1. The molecule has 0 spiro atoms. The molecule has 0 fully saturated rings. The van der Waals surface area contributed by atoms with Crippen LogP contribution in [0, 0.1) is 5.92 Å². The first-order chi connectivity index (χ1) is 14.2. The van der Waals surface area contributed by atoms with Crippen LogP contribution in [0.4, 0.5) is 0 Å². The minimum absolute atomic E-state index is 0.0265. The van der Waals surface area contributed by atoms with Crippen LogP contribution in [-0.4, -0.2) is 31.1 Å². The second-order valence-electron chi connectivity index (χ2n) is 7.36. The fourth-order valence-electron chi connectivity index (χ4n) is 2.98. The van der Waals surface area contributed by atoms with Gasteiger partial charge in [-0.15, -0.1) is 0 Å². The zero-order valence-electron chi connectivity index (χ0n) is 17.8. The molecule has 1 N–H and O–H groups in total. The number of Topliss-reactive ketones (excluding diaryl/α,β-unsaturated/α-hetero) is 1. The Hall–Kier alpha value is -2.96. The number of methoxy groups -OCH3 is 2. The summed E-state index contributed by atoms with van der Waals surface area (Å²) in [6.07, 6.45) is 1.38. The number of phenolic OH excluding ortho intramolecular Hbond substituents is 1. The number of hydrogen-bond acceptors (Lipinski definition) is 6. The largest absolute Gasteiger partial charge is 0.508 e. The second kappa shape index (κ2) is 10.2. The number of carbonyl (C=O) groups excluding carboxylic acids is 2. The van der Waals surface area contributed by atoms with Gasteiger partial charge in [0.05, 0.1) is 0 Å². The molecular formula is C24H28O6. The zero-order valence-corrected chi connectivity index (χ0v) is 17.8. The Bertz CT molecular complexity index is 911. The molecule has 160 valence electrons. The highest BCUT2D eigenvalue weighted by atomic mass is 16.7. The van der Waals surface area contributed by atoms with E-state index in [1.54, 1.807) is 30.3 Å². The number of aromatic hydroxyl groups is 1. The van der Waals surface area contributed by atoms with Crippen molar-refractivity contribution in [1.29, 1.82) is 0 Å². The average molecular weight is 412 g/mol. The zero-order chi connectivity index (χ0) is 22.3. The van der Waals surface area contributed by atoms with E-state index in [0.717, 1.165) is 6.42 Å². The van der Waals surface area contributed by atoms with Crippen LogP contribution in [0.1, 0.15) is 42.6 Å². The first-order valence-electron chi connectivity index (χ1n) is 9.68. The van der Waals surface area contributed by atoms with Crippen molar-refractivity contribution < 1.29 is 28.9 Å². The lowest BCUT2D eigenvalue weighted by Gasteiger charge is -2.29. The van der Waals surface area contributed by atoms with Gasteiger partial charge in [-0.05, 0) is 43.0 Å². The van der Waals surface area contributed by atoms with Gasteiger partial charge in [-0.25, -0.2) is 4.79 Å². The summed E-state index contributed by atoms with van der Waals surface area (Å²) < 4.78 is 16.3. The molecule has 0 amide bonds. The molecule has 0 bridgehead atoms. The van der Waals surface area contributed by atoms with E-state index < -0.39 is 17.5 Å². The van der Waals surface area contributed by atoms with Crippen LogP contribution >= 0.6 is 0 Å². The van der Waals surface area contributed by atoms with Crippen LogP contribution in [-0.2, 0) is 20.1 Å². The Morgan fingerprint density at radius 3 is 2.33 bits per heavy atom. The summed E-state index contributed by atoms with van der Waals surface area (Å²) >= 11 is 0. The van der Waals surface area contributed by atoms with Crippen molar-refractivity contribution in [3.8, 4) is 11.5 Å². The maximum Gasteiger partial charge on any atom is 0.338 e. The van der Waals surface area contributed by atoms with Crippen LogP contribution in [0.25, 0.3) is 0 Å². The molecule has 2 rings (SSSR count). The highest BCUT2D eigenvalue weighted by Gasteiger charge is 2.42. The van der Waals surface area contributed by atoms with E-state index in [2.05, 4.69) is 20.4 Å². The van der Waals surface area contributed by atoms with Crippen LogP contribution in [0.3, 0.4) is 0 Å². The third kappa shape index (κ3) is 5.34. The molecule has 0 aliphatic rings. The molecule has 0 saturated heterocycles. The summed E-state index contributed by atoms with van der Waals surface area (Å²) in [7, 11) is 2.68. The number of hydrogen-bond donors (Lipinski definition) is 1. The molecule has 2 aromatic carbocycles. The van der Waals surface area contributed by atoms with Crippen LogP contribution < -0.4 is 4.74 Å². The van der Waals surface area contributed by atoms with Gasteiger partial charge in [0.2, 0.25) is 5.78 Å². The maximum absolute atomic E-state index is 13.3. The van der Waals surface area contributed by atoms with E-state index in [4.69, 9.17) is 14.2 Å². The van der Waals surface area contributed by atoms with Gasteiger partial charge in [-0.1, -0.05) is 44.7 Å². The molecule has 0 aliphatic carbocycles. The summed E-state index contributed by atoms with van der Waals surface area (Å²) in [5.74, 6) is -2.16. The van der Waals surface area contributed by atoms with Crippen molar-refractivity contribution in [3.63, 3.8) is 0 Å². The van der Waals surface area contributed by atoms with Crippen molar-refractivity contribution in [2.24, 2.45) is 5.92 Å². The first kappa shape index (κ1) is 23.3. The minimum Gasteiger partial charge on any atom is -0.508 e. The molecule has 0 radical (unpaired) electrons. The van der Waals surface area contributed by atoms with Gasteiger partial charge in [-0.2, -0.15) is 0 Å². The normalized spacial score (nSPS) is 11.4. The van der Waals surface area contributed by atoms with E-state index in [1.807, 2.05) is 0 Å². The predicted octanol–water partition coefficient (Wildman–Crippen LogP) is 4.62. The molecule has 0 saturated carbocycles. The third-order valence-electron chi connectivity index (χ3n) is 4.72. The lowest BCUT2D eigenvalue weighted by Crippen LogP contribution is -2.40. The molecule has 6 nitrogen and oxygen atoms in total. The van der Waals surface area contributed by atoms with Gasteiger partial charge >= 0.3 is 5.97 Å². The Balaban J connectivity index is 2.28. The van der Waals surface area contributed by atoms with Crippen molar-refractivity contribution in [3.05, 3.63) is 71.8 Å². The lowest BCUT2D eigenvalue weighted by molar-refractivity contribution is -0.176. The lowest BCUT2D eigenvalue weighted by atomic mass is 9.95. The van der Waals surface area contributed by atoms with Crippen LogP contribution in [0.5, 0.6) is 11.5 Å². The van der Waals surface area contributed by atoms with Gasteiger partial charge in [0.15, 0.2) is 0 Å². The van der Waals surface area contributed by atoms with E-state index in [0.29, 0.717) is 23.5 Å². The molecular weight excluding hydrogens is 384 g/mol. The summed E-state index contributed by atoms with van der Waals surface area (Å²) in [6.45, 7) is 7.92. The van der Waals surface area contributed by atoms with Crippen molar-refractivity contribution in [1.82, 2.24) is 0 Å². The van der Waals surface area contributed by atoms with Gasteiger partial charge in [0, 0.05) is 30.9 Å². The standard InChI is InChI=1S/C24H28O6/c1-16(2)12-13-17(3)23(27)30-21-11-6-8-18(14-21)22(26)24(28-4,29-5)19-9-7-10-20(25)15-19/h6-11,14-16,25H,3,12-13H2,1-2,4-5H3. The second-order valence-corrected chi connectivity index (χ2v) is 7.36. The number of ether oxygens (including phenoxy) is 3. The summed E-state index contributed by atoms with van der Waals surface area (Å²) in [4.78, 5) is 25.6. The Morgan fingerprint density at radius 2 is 1.73 bits per heavy atom. The minimum atomic E-state index is -1.76. The molecule has 0 heterocycles. The van der Waals surface area contributed by atoms with Crippen LogP contribution in [0.15, 0.2) is 60.7 Å². The van der Waals surface area contributed by atoms with Gasteiger partial charge < -0.3 is 19.3 Å². The quantitative estimate of drug-likeness (QED) is 0.202. The van der Waals surface area contributed by atoms with E-state index >= 15 is 0 Å². The molecule has 6 heteroatoms. The monoisotopic (exact) mass is 412 g/mol. The molecule has 0 aromatic heterocycles. The first-order valence-corrected chi connectivity index (χ1v) is 9.68. The fraction of sp³-hybridized carbons (Fsp3) is 0.333. The van der Waals surface area contributed by atoms with E-state index in [-0.39, 0.29) is 17.1 Å². The number of benzene rings is 2. The number of esters is 1. The number of rotatable bonds is 10. The smallest absolute Gasteiger partial charge is 0.338 e. The predicted molar refractivity (Wildman–Crippen MR) is 113 cm³/mol. The molecule has 2 aromatic rings. The molecule has 0 aliphatic heterocycles. The Kier molecular flexibility index (Phi) is 7.92. The molecule has 0 unspecified atom stereocenters. The SMILES string of the molecule is C=C(CCC(C)C)C(=O)Oc1cccc(C(=O)C(OC)(OC)c2cccc(O)c2)c1. The van der Waals surface area contributed by atoms with Crippen molar-refractivity contribution in [2.75, 3.05) is 14.2 Å². The third-order valence-corrected chi connectivity index (χ3v) is 4.72. The fourth-order valence-corrected chi connectivity index (χ4v) is 2.98. The maximum atomic E-state index is 13.3. The van der Waals surface area contributed by atoms with Crippen LogP contribution in [0.2, 0.25) is 0 Å². The highest BCUT2D eigenvalue weighted by molar-refractivity contribution is 6.02. The summed E-state index contributed by atoms with van der Waals surface area (Å²) in [5, 5.41) is 9.80. The van der Waals surface area contributed by atoms with Gasteiger partial charge in [0.1, 0.15) is 11.5 Å². The van der Waals surface area contributed by atoms with Gasteiger partial charge in [0.25, 0.3) is 5.79 Å². The van der Waals surface area contributed by atoms with Crippen molar-refractivity contribution in [2.45, 2.75) is 32.5 Å². The number of carbonyl (C=O) groups is 2.